The van der Waals surface area contributed by atoms with Crippen LogP contribution in [0, 0.1) is 26.2 Å². The highest BCUT2D eigenvalue weighted by molar-refractivity contribution is 6.08. The van der Waals surface area contributed by atoms with Crippen LogP contribution in [0.4, 0.5) is 0 Å². The molecule has 8 rings (SSSR count). The second kappa shape index (κ2) is 11.8. The van der Waals surface area contributed by atoms with E-state index in [1.807, 2.05) is 18.3 Å². The zero-order chi connectivity index (χ0) is 38.7. The summed E-state index contributed by atoms with van der Waals surface area (Å²) in [5, 5.41) is 2.37. The lowest BCUT2D eigenvalue weighted by molar-refractivity contribution is -0.0673. The summed E-state index contributed by atoms with van der Waals surface area (Å²) >= 11 is 0. The Kier molecular flexibility index (Phi) is 7.89. The van der Waals surface area contributed by atoms with Crippen LogP contribution in [-0.4, -0.2) is 21.0 Å². The molecule has 1 aliphatic heterocycles. The third-order valence-corrected chi connectivity index (χ3v) is 12.2. The van der Waals surface area contributed by atoms with Crippen LogP contribution < -0.4 is 4.74 Å². The Hall–Kier alpha value is -4.90. The fourth-order valence-electron chi connectivity index (χ4n) is 8.84. The number of pyridine rings is 1. The van der Waals surface area contributed by atoms with E-state index in [-0.39, 0.29) is 16.2 Å². The largest absolute Gasteiger partial charge is 0.467 e. The number of ether oxygens (including phenoxy) is 2. The van der Waals surface area contributed by atoms with E-state index >= 15 is 0 Å². The number of aliphatic imine (C=N–C) groups is 1. The van der Waals surface area contributed by atoms with Crippen molar-refractivity contribution in [2.24, 2.45) is 10.4 Å². The first-order chi connectivity index (χ1) is 25.2. The Labute approximate surface area is 321 Å². The Bertz CT molecular complexity index is 2530. The Morgan fingerprint density at radius 3 is 2.15 bits per heavy atom. The minimum Gasteiger partial charge on any atom is -0.467 e. The molecule has 2 aliphatic rings. The lowest BCUT2D eigenvalue weighted by Gasteiger charge is -2.45. The standard InChI is InChI=1S/C49H55N3O2/c1-29-19-40-39-25-34(45(4,5)6)17-18-42(39)52(43(40)50-28-29)36-23-35(46(7,8)9)24-38(26-36)53-37-16-14-15-32(22-37)44-51-48(13)41-21-31(3)30(2)20-33(41)27-49(48,54-44)47(10,11)12/h14-26,28H,27H2,1-13H3/t48-,49-/m1/s1. The zero-order valence-electron chi connectivity index (χ0n) is 34.4. The van der Waals surface area contributed by atoms with Crippen molar-refractivity contribution in [1.82, 2.24) is 9.55 Å². The van der Waals surface area contributed by atoms with E-state index in [0.29, 0.717) is 5.90 Å². The first-order valence-corrected chi connectivity index (χ1v) is 19.4. The maximum atomic E-state index is 7.13. The van der Waals surface area contributed by atoms with Crippen molar-refractivity contribution < 1.29 is 9.47 Å². The van der Waals surface area contributed by atoms with Crippen LogP contribution in [0.5, 0.6) is 11.5 Å². The van der Waals surface area contributed by atoms with E-state index in [2.05, 4.69) is 161 Å². The second-order valence-corrected chi connectivity index (χ2v) is 19.2. The van der Waals surface area contributed by atoms with E-state index in [0.717, 1.165) is 51.3 Å². The van der Waals surface area contributed by atoms with Crippen LogP contribution in [0.15, 0.2) is 90.1 Å². The summed E-state index contributed by atoms with van der Waals surface area (Å²) < 4.78 is 16.2. The van der Waals surface area contributed by atoms with Gasteiger partial charge in [-0.1, -0.05) is 86.6 Å². The van der Waals surface area contributed by atoms with Crippen molar-refractivity contribution in [2.75, 3.05) is 0 Å². The molecule has 6 aromatic rings. The summed E-state index contributed by atoms with van der Waals surface area (Å²) in [6, 6.07) is 28.6. The minimum absolute atomic E-state index is 0.0309. The van der Waals surface area contributed by atoms with E-state index in [9.17, 15) is 0 Å². The summed E-state index contributed by atoms with van der Waals surface area (Å²) in [6.07, 6.45) is 2.79. The molecule has 0 bridgehead atoms. The van der Waals surface area contributed by atoms with Crippen molar-refractivity contribution in [1.29, 1.82) is 0 Å². The van der Waals surface area contributed by atoms with Crippen LogP contribution in [0.3, 0.4) is 0 Å². The number of fused-ring (bicyclic) bond motifs is 6. The van der Waals surface area contributed by atoms with Gasteiger partial charge in [0.05, 0.1) is 11.2 Å². The monoisotopic (exact) mass is 717 g/mol. The topological polar surface area (TPSA) is 48.6 Å². The number of benzene rings is 4. The average Bonchev–Trinajstić information content (AvgIpc) is 3.65. The predicted molar refractivity (Wildman–Crippen MR) is 224 cm³/mol. The van der Waals surface area contributed by atoms with Crippen molar-refractivity contribution in [2.45, 2.75) is 118 Å². The fourth-order valence-corrected chi connectivity index (χ4v) is 8.84. The molecule has 0 spiro atoms. The van der Waals surface area contributed by atoms with E-state index in [4.69, 9.17) is 19.5 Å². The summed E-state index contributed by atoms with van der Waals surface area (Å²) in [6.45, 7) is 29.2. The molecule has 5 heteroatoms. The van der Waals surface area contributed by atoms with E-state index < -0.39 is 11.1 Å². The van der Waals surface area contributed by atoms with Gasteiger partial charge in [0.2, 0.25) is 5.90 Å². The Balaban J connectivity index is 1.22. The third kappa shape index (κ3) is 5.57. The van der Waals surface area contributed by atoms with E-state index in [1.54, 1.807) is 0 Å². The molecule has 0 fully saturated rings. The summed E-state index contributed by atoms with van der Waals surface area (Å²) in [4.78, 5) is 10.5. The van der Waals surface area contributed by atoms with Gasteiger partial charge in [0, 0.05) is 40.4 Å². The van der Waals surface area contributed by atoms with Gasteiger partial charge in [-0.3, -0.25) is 4.57 Å². The number of rotatable bonds is 4. The number of hydrogen-bond donors (Lipinski definition) is 0. The number of aryl methyl sites for hydroxylation is 3. The quantitative estimate of drug-likeness (QED) is 0.182. The molecule has 3 heterocycles. The first-order valence-electron chi connectivity index (χ1n) is 19.4. The second-order valence-electron chi connectivity index (χ2n) is 19.2. The number of nitrogens with zero attached hydrogens (tertiary/aromatic N) is 3. The Morgan fingerprint density at radius 1 is 0.722 bits per heavy atom. The molecule has 4 aromatic carbocycles. The molecule has 0 radical (unpaired) electrons. The number of hydrogen-bond acceptors (Lipinski definition) is 4. The van der Waals surface area contributed by atoms with Gasteiger partial charge >= 0.3 is 0 Å². The summed E-state index contributed by atoms with van der Waals surface area (Å²) in [7, 11) is 0. The van der Waals surface area contributed by atoms with Gasteiger partial charge in [0.15, 0.2) is 0 Å². The maximum Gasteiger partial charge on any atom is 0.217 e. The summed E-state index contributed by atoms with van der Waals surface area (Å²) in [5.74, 6) is 2.18. The molecule has 2 atom stereocenters. The normalized spacial score (nSPS) is 19.9. The molecule has 0 saturated carbocycles. The third-order valence-electron chi connectivity index (χ3n) is 12.2. The smallest absolute Gasteiger partial charge is 0.217 e. The van der Waals surface area contributed by atoms with Gasteiger partial charge in [-0.25, -0.2) is 9.98 Å². The SMILES string of the molecule is Cc1cnc2c(c1)c1cc(C(C)(C)C)ccc1n2-c1cc(Oc2cccc(C3=N[C@]4(C)c5cc(C)c(C)cc5C[C@]4(C(C)(C)C)O3)c2)cc(C(C)(C)C)c1. The van der Waals surface area contributed by atoms with Crippen molar-refractivity contribution >= 4 is 27.8 Å². The minimum atomic E-state index is -0.510. The molecule has 0 amide bonds. The molecule has 54 heavy (non-hydrogen) atoms. The van der Waals surface area contributed by atoms with Crippen LogP contribution in [0.2, 0.25) is 0 Å². The molecule has 0 unspecified atom stereocenters. The van der Waals surface area contributed by atoms with Gasteiger partial charge in [-0.05, 0) is 126 Å². The molecule has 5 nitrogen and oxygen atoms in total. The highest BCUT2D eigenvalue weighted by atomic mass is 16.5. The fraction of sp³-hybridized carbons (Fsp3) is 0.388. The molecular formula is C49H55N3O2. The lowest BCUT2D eigenvalue weighted by Crippen LogP contribution is -2.54. The van der Waals surface area contributed by atoms with Gasteiger partial charge in [0.1, 0.15) is 28.3 Å². The molecule has 0 saturated heterocycles. The maximum absolute atomic E-state index is 7.13. The zero-order valence-corrected chi connectivity index (χ0v) is 34.4. The highest BCUT2D eigenvalue weighted by Crippen LogP contribution is 2.60. The lowest BCUT2D eigenvalue weighted by atomic mass is 9.66. The molecule has 2 aromatic heterocycles. The highest BCUT2D eigenvalue weighted by Gasteiger charge is 2.66. The van der Waals surface area contributed by atoms with Crippen LogP contribution >= 0.6 is 0 Å². The van der Waals surface area contributed by atoms with Crippen LogP contribution in [0.25, 0.3) is 27.6 Å². The van der Waals surface area contributed by atoms with E-state index in [1.165, 1.54) is 38.8 Å². The van der Waals surface area contributed by atoms with Crippen LogP contribution in [0.1, 0.15) is 114 Å². The molecule has 278 valence electrons. The van der Waals surface area contributed by atoms with Crippen molar-refractivity contribution in [3.05, 3.63) is 130 Å². The number of aromatic nitrogens is 2. The Morgan fingerprint density at radius 2 is 1.44 bits per heavy atom. The molecular weight excluding hydrogens is 663 g/mol. The van der Waals surface area contributed by atoms with Gasteiger partial charge in [0.25, 0.3) is 0 Å². The van der Waals surface area contributed by atoms with Crippen molar-refractivity contribution in [3.63, 3.8) is 0 Å². The molecule has 1 aliphatic carbocycles. The van der Waals surface area contributed by atoms with Crippen LogP contribution in [-0.2, 0) is 27.5 Å². The molecule has 0 N–H and O–H groups in total. The van der Waals surface area contributed by atoms with Gasteiger partial charge in [-0.2, -0.15) is 0 Å². The predicted octanol–water partition coefficient (Wildman–Crippen LogP) is 12.5. The average molecular weight is 718 g/mol. The van der Waals surface area contributed by atoms with Gasteiger partial charge in [-0.15, -0.1) is 0 Å². The van der Waals surface area contributed by atoms with Crippen molar-refractivity contribution in [3.8, 4) is 17.2 Å². The van der Waals surface area contributed by atoms with Gasteiger partial charge < -0.3 is 9.47 Å². The first kappa shape index (κ1) is 36.1. The summed E-state index contributed by atoms with van der Waals surface area (Å²) in [5.41, 5.74) is 11.6.